The number of nitrogens with one attached hydrogen (secondary N) is 3. The van der Waals surface area contributed by atoms with E-state index in [0.717, 1.165) is 32.6 Å². The van der Waals surface area contributed by atoms with Crippen molar-refractivity contribution >= 4 is 0 Å². The minimum absolute atomic E-state index is 0.847. The molecule has 3 heteroatoms. The van der Waals surface area contributed by atoms with E-state index in [1.165, 1.54) is 0 Å². The second kappa shape index (κ2) is 12.8. The summed E-state index contributed by atoms with van der Waals surface area (Å²) < 4.78 is 0. The van der Waals surface area contributed by atoms with Crippen LogP contribution in [-0.4, -0.2) is 31.2 Å². The largest absolute Gasteiger partial charge is 0.368 e. The number of terminal acetylenes is 1. The number of aromatic amines is 1. The Bertz CT molecular complexity index is 191. The second-order valence-corrected chi connectivity index (χ2v) is 2.94. The standard InChI is InChI=1S/C4H10N2.C4H5N.C4H6/c1-2-6-4-3-5-1;1-2-4-5-3-1;1-3-4-2/h5-6H,1-4H2;1-5H;1H,4H2,2H3. The Morgan fingerprint density at radius 2 is 1.47 bits per heavy atom. The lowest BCUT2D eigenvalue weighted by molar-refractivity contribution is 0.534. The van der Waals surface area contributed by atoms with Crippen molar-refractivity contribution in [3.63, 3.8) is 0 Å². The van der Waals surface area contributed by atoms with E-state index in [1.807, 2.05) is 31.5 Å². The third kappa shape index (κ3) is 12.8. The molecule has 1 aromatic rings. The first kappa shape index (κ1) is 13.8. The van der Waals surface area contributed by atoms with Gasteiger partial charge in [-0.3, -0.25) is 0 Å². The van der Waals surface area contributed by atoms with Crippen LogP contribution in [0.2, 0.25) is 0 Å². The topological polar surface area (TPSA) is 39.8 Å². The predicted molar refractivity (Wildman–Crippen MR) is 65.7 cm³/mol. The molecular formula is C12H21N3. The molecule has 0 aliphatic carbocycles. The summed E-state index contributed by atoms with van der Waals surface area (Å²) in [4.78, 5) is 2.86. The molecule has 0 saturated carbocycles. The molecule has 0 bridgehead atoms. The molecular weight excluding hydrogens is 186 g/mol. The van der Waals surface area contributed by atoms with Crippen molar-refractivity contribution in [3.05, 3.63) is 24.5 Å². The molecule has 2 heterocycles. The van der Waals surface area contributed by atoms with Crippen molar-refractivity contribution < 1.29 is 0 Å². The summed E-state index contributed by atoms with van der Waals surface area (Å²) in [6.45, 7) is 6.50. The summed E-state index contributed by atoms with van der Waals surface area (Å²) in [6.07, 6.45) is 9.38. The van der Waals surface area contributed by atoms with Crippen molar-refractivity contribution in [1.29, 1.82) is 0 Å². The molecule has 3 N–H and O–H groups in total. The van der Waals surface area contributed by atoms with E-state index in [1.54, 1.807) is 0 Å². The molecule has 2 rings (SSSR count). The number of piperazine rings is 1. The number of H-pyrrole nitrogens is 1. The molecule has 84 valence electrons. The lowest BCUT2D eigenvalue weighted by Gasteiger charge is -2.11. The maximum absolute atomic E-state index is 4.78. The number of hydrogen-bond acceptors (Lipinski definition) is 2. The van der Waals surface area contributed by atoms with Crippen LogP contribution in [0.5, 0.6) is 0 Å². The first-order chi connectivity index (χ1) is 7.41. The van der Waals surface area contributed by atoms with Gasteiger partial charge in [0.15, 0.2) is 0 Å². The first-order valence-corrected chi connectivity index (χ1v) is 5.34. The third-order valence-electron chi connectivity index (χ3n) is 1.66. The van der Waals surface area contributed by atoms with Crippen LogP contribution in [0.3, 0.4) is 0 Å². The van der Waals surface area contributed by atoms with Crippen molar-refractivity contribution in [2.75, 3.05) is 26.2 Å². The Labute approximate surface area is 92.7 Å². The Hall–Kier alpha value is -1.24. The highest BCUT2D eigenvalue weighted by molar-refractivity contribution is 4.84. The zero-order chi connectivity index (χ0) is 11.2. The highest BCUT2D eigenvalue weighted by Crippen LogP contribution is 1.72. The Kier molecular flexibility index (Phi) is 11.7. The summed E-state index contributed by atoms with van der Waals surface area (Å²) >= 11 is 0. The SMILES string of the molecule is C#CCC.C1CNCCN1.c1cc[nH]c1. The smallest absolute Gasteiger partial charge is 0.00772 e. The fourth-order valence-corrected chi connectivity index (χ4v) is 0.881. The van der Waals surface area contributed by atoms with E-state index < -0.39 is 0 Å². The molecule has 1 saturated heterocycles. The monoisotopic (exact) mass is 207 g/mol. The van der Waals surface area contributed by atoms with Gasteiger partial charge in [0.1, 0.15) is 0 Å². The molecule has 0 radical (unpaired) electrons. The van der Waals surface area contributed by atoms with Crippen molar-refractivity contribution in [2.24, 2.45) is 0 Å². The normalized spacial score (nSPS) is 13.6. The molecule has 3 nitrogen and oxygen atoms in total. The molecule has 0 unspecified atom stereocenters. The van der Waals surface area contributed by atoms with Gasteiger partial charge in [-0.1, -0.05) is 6.92 Å². The zero-order valence-electron chi connectivity index (χ0n) is 9.42. The average molecular weight is 207 g/mol. The van der Waals surface area contributed by atoms with E-state index in [-0.39, 0.29) is 0 Å². The van der Waals surface area contributed by atoms with E-state index in [0.29, 0.717) is 0 Å². The van der Waals surface area contributed by atoms with Crippen LogP contribution in [-0.2, 0) is 0 Å². The van der Waals surface area contributed by atoms with Crippen molar-refractivity contribution in [1.82, 2.24) is 15.6 Å². The minimum Gasteiger partial charge on any atom is -0.368 e. The fraction of sp³-hybridized carbons (Fsp3) is 0.500. The fourth-order valence-electron chi connectivity index (χ4n) is 0.881. The predicted octanol–water partition coefficient (Wildman–Crippen LogP) is 1.22. The van der Waals surface area contributed by atoms with Crippen LogP contribution in [0.4, 0.5) is 0 Å². The van der Waals surface area contributed by atoms with Crippen molar-refractivity contribution in [3.8, 4) is 12.3 Å². The minimum atomic E-state index is 0.847. The van der Waals surface area contributed by atoms with Gasteiger partial charge in [0, 0.05) is 45.0 Å². The zero-order valence-corrected chi connectivity index (χ0v) is 9.42. The van der Waals surface area contributed by atoms with Gasteiger partial charge >= 0.3 is 0 Å². The van der Waals surface area contributed by atoms with E-state index in [4.69, 9.17) is 6.42 Å². The third-order valence-corrected chi connectivity index (χ3v) is 1.66. The van der Waals surface area contributed by atoms with Crippen LogP contribution in [0, 0.1) is 12.3 Å². The van der Waals surface area contributed by atoms with Crippen LogP contribution < -0.4 is 10.6 Å². The summed E-state index contributed by atoms with van der Waals surface area (Å²) in [6, 6.07) is 3.89. The van der Waals surface area contributed by atoms with Gasteiger partial charge in [-0.15, -0.1) is 12.3 Å². The number of rotatable bonds is 0. The Morgan fingerprint density at radius 3 is 1.60 bits per heavy atom. The van der Waals surface area contributed by atoms with Crippen LogP contribution in [0.1, 0.15) is 13.3 Å². The first-order valence-electron chi connectivity index (χ1n) is 5.34. The van der Waals surface area contributed by atoms with Gasteiger partial charge in [-0.25, -0.2) is 0 Å². The van der Waals surface area contributed by atoms with Gasteiger partial charge < -0.3 is 15.6 Å². The van der Waals surface area contributed by atoms with Crippen LogP contribution >= 0.6 is 0 Å². The molecule has 1 aliphatic heterocycles. The molecule has 1 aromatic heterocycles. The molecule has 1 fully saturated rings. The highest BCUT2D eigenvalue weighted by atomic mass is 15.0. The second-order valence-electron chi connectivity index (χ2n) is 2.94. The van der Waals surface area contributed by atoms with Crippen LogP contribution in [0.15, 0.2) is 24.5 Å². The molecule has 1 aliphatic rings. The van der Waals surface area contributed by atoms with Gasteiger partial charge in [0.25, 0.3) is 0 Å². The number of aromatic nitrogens is 1. The molecule has 0 atom stereocenters. The average Bonchev–Trinajstić information content (AvgIpc) is 2.90. The van der Waals surface area contributed by atoms with Crippen LogP contribution in [0.25, 0.3) is 0 Å². The molecule has 0 aromatic carbocycles. The quantitative estimate of drug-likeness (QED) is 0.560. The van der Waals surface area contributed by atoms with Gasteiger partial charge in [0.05, 0.1) is 0 Å². The van der Waals surface area contributed by atoms with Crippen molar-refractivity contribution in [2.45, 2.75) is 13.3 Å². The Balaban J connectivity index is 0.000000202. The summed E-state index contributed by atoms with van der Waals surface area (Å²) in [5, 5.41) is 6.44. The number of hydrogen-bond donors (Lipinski definition) is 3. The molecule has 0 amide bonds. The highest BCUT2D eigenvalue weighted by Gasteiger charge is 1.91. The van der Waals surface area contributed by atoms with Gasteiger partial charge in [-0.2, -0.15) is 0 Å². The lowest BCUT2D eigenvalue weighted by atomic mass is 10.4. The molecule has 0 spiro atoms. The van der Waals surface area contributed by atoms with Gasteiger partial charge in [0.2, 0.25) is 0 Å². The lowest BCUT2D eigenvalue weighted by Crippen LogP contribution is -2.39. The van der Waals surface area contributed by atoms with Gasteiger partial charge in [-0.05, 0) is 12.1 Å². The summed E-state index contributed by atoms with van der Waals surface area (Å²) in [5.74, 6) is 2.43. The maximum atomic E-state index is 4.78. The van der Waals surface area contributed by atoms with E-state index >= 15 is 0 Å². The Morgan fingerprint density at radius 1 is 1.07 bits per heavy atom. The van der Waals surface area contributed by atoms with E-state index in [2.05, 4.69) is 21.5 Å². The summed E-state index contributed by atoms with van der Waals surface area (Å²) in [5.41, 5.74) is 0. The molecule has 15 heavy (non-hydrogen) atoms. The summed E-state index contributed by atoms with van der Waals surface area (Å²) in [7, 11) is 0. The van der Waals surface area contributed by atoms with E-state index in [9.17, 15) is 0 Å². The maximum Gasteiger partial charge on any atom is 0.00772 e.